The van der Waals surface area contributed by atoms with Gasteiger partial charge in [-0.1, -0.05) is 24.6 Å². The number of rotatable bonds is 9. The molecule has 2 aromatic rings. The number of aliphatic imine (C=N–C) groups is 1. The third kappa shape index (κ3) is 6.49. The molecule has 0 aliphatic rings. The fourth-order valence-corrected chi connectivity index (χ4v) is 3.67. The molecule has 1 aromatic heterocycles. The first-order valence-electron chi connectivity index (χ1n) is 8.52. The minimum absolute atomic E-state index is 0.137. The van der Waals surface area contributed by atoms with Crippen LogP contribution in [0.5, 0.6) is 0 Å². The van der Waals surface area contributed by atoms with Gasteiger partial charge in [0.2, 0.25) is 10.0 Å². The quantitative estimate of drug-likeness (QED) is 0.316. The summed E-state index contributed by atoms with van der Waals surface area (Å²) in [5.41, 5.74) is 0. The van der Waals surface area contributed by atoms with E-state index in [1.807, 2.05) is 11.5 Å². The van der Waals surface area contributed by atoms with Gasteiger partial charge in [0.25, 0.3) is 0 Å². The van der Waals surface area contributed by atoms with Crippen molar-refractivity contribution in [3.05, 3.63) is 41.4 Å². The second kappa shape index (κ2) is 10.2. The molecule has 0 amide bonds. The number of guanidine groups is 1. The lowest BCUT2D eigenvalue weighted by Gasteiger charge is -2.13. The number of hydrogen-bond acceptors (Lipinski definition) is 5. The molecule has 0 atom stereocenters. The van der Waals surface area contributed by atoms with Crippen LogP contribution < -0.4 is 15.4 Å². The van der Waals surface area contributed by atoms with Crippen molar-refractivity contribution in [1.29, 1.82) is 0 Å². The molecular formula is C16H24ClN7O2S. The Bertz CT molecular complexity index is 867. The standard InChI is InChI=1S/C16H24ClN7O2S/c1-3-15-23-21-12-24(15)10-9-20-16(18-2)19-7-8-22-27(25,26)14-6-4-5-13(17)11-14/h4-6,11-12,22H,3,7-10H2,1-2H3,(H2,18,19,20). The van der Waals surface area contributed by atoms with Gasteiger partial charge in [0.15, 0.2) is 5.96 Å². The molecule has 0 spiro atoms. The molecule has 27 heavy (non-hydrogen) atoms. The van der Waals surface area contributed by atoms with Crippen LogP contribution in [0.15, 0.2) is 40.5 Å². The number of nitrogens with one attached hydrogen (secondary N) is 3. The van der Waals surface area contributed by atoms with Crippen LogP contribution >= 0.6 is 11.6 Å². The molecule has 0 unspecified atom stereocenters. The summed E-state index contributed by atoms with van der Waals surface area (Å²) in [6, 6.07) is 6.13. The van der Waals surface area contributed by atoms with Gasteiger partial charge in [0, 0.05) is 44.7 Å². The fraction of sp³-hybridized carbons (Fsp3) is 0.438. The molecule has 9 nitrogen and oxygen atoms in total. The molecule has 0 aliphatic carbocycles. The summed E-state index contributed by atoms with van der Waals surface area (Å²) in [6.07, 6.45) is 2.51. The van der Waals surface area contributed by atoms with Crippen LogP contribution in [0, 0.1) is 0 Å². The Balaban J connectivity index is 1.73. The van der Waals surface area contributed by atoms with Crippen molar-refractivity contribution in [2.45, 2.75) is 24.8 Å². The Morgan fingerprint density at radius 3 is 2.74 bits per heavy atom. The van der Waals surface area contributed by atoms with E-state index in [0.717, 1.165) is 12.2 Å². The van der Waals surface area contributed by atoms with E-state index in [4.69, 9.17) is 11.6 Å². The minimum Gasteiger partial charge on any atom is -0.355 e. The lowest BCUT2D eigenvalue weighted by molar-refractivity contribution is 0.580. The molecule has 1 heterocycles. The highest BCUT2D eigenvalue weighted by Gasteiger charge is 2.13. The lowest BCUT2D eigenvalue weighted by atomic mass is 10.4. The normalized spacial score (nSPS) is 12.2. The second-order valence-corrected chi connectivity index (χ2v) is 7.78. The zero-order valence-corrected chi connectivity index (χ0v) is 16.9. The van der Waals surface area contributed by atoms with Crippen LogP contribution in [-0.4, -0.2) is 55.8 Å². The largest absolute Gasteiger partial charge is 0.355 e. The molecule has 2 rings (SSSR count). The van der Waals surface area contributed by atoms with E-state index in [2.05, 4.69) is 30.5 Å². The van der Waals surface area contributed by atoms with Crippen LogP contribution in [0.1, 0.15) is 12.7 Å². The third-order valence-electron chi connectivity index (χ3n) is 3.70. The molecule has 11 heteroatoms. The van der Waals surface area contributed by atoms with E-state index in [1.54, 1.807) is 25.5 Å². The van der Waals surface area contributed by atoms with Gasteiger partial charge in [-0.15, -0.1) is 10.2 Å². The van der Waals surface area contributed by atoms with Crippen molar-refractivity contribution in [2.24, 2.45) is 4.99 Å². The summed E-state index contributed by atoms with van der Waals surface area (Å²) in [5.74, 6) is 1.51. The lowest BCUT2D eigenvalue weighted by Crippen LogP contribution is -2.42. The number of benzene rings is 1. The Morgan fingerprint density at radius 1 is 1.26 bits per heavy atom. The maximum absolute atomic E-state index is 12.2. The van der Waals surface area contributed by atoms with Crippen LogP contribution in [-0.2, 0) is 23.0 Å². The highest BCUT2D eigenvalue weighted by Crippen LogP contribution is 2.14. The fourth-order valence-electron chi connectivity index (χ4n) is 2.34. The van der Waals surface area contributed by atoms with E-state index in [1.165, 1.54) is 12.1 Å². The van der Waals surface area contributed by atoms with Crippen LogP contribution in [0.3, 0.4) is 0 Å². The molecule has 1 aromatic carbocycles. The zero-order valence-electron chi connectivity index (χ0n) is 15.3. The van der Waals surface area contributed by atoms with Gasteiger partial charge in [-0.3, -0.25) is 4.99 Å². The molecule has 148 valence electrons. The van der Waals surface area contributed by atoms with Gasteiger partial charge in [-0.2, -0.15) is 0 Å². The van der Waals surface area contributed by atoms with E-state index in [9.17, 15) is 8.42 Å². The second-order valence-electron chi connectivity index (χ2n) is 5.58. The van der Waals surface area contributed by atoms with Crippen LogP contribution in [0.25, 0.3) is 0 Å². The van der Waals surface area contributed by atoms with E-state index >= 15 is 0 Å². The van der Waals surface area contributed by atoms with E-state index in [0.29, 0.717) is 30.6 Å². The summed E-state index contributed by atoms with van der Waals surface area (Å²) in [5, 5.41) is 14.5. The topological polar surface area (TPSA) is 113 Å². The molecule has 0 fully saturated rings. The van der Waals surface area contributed by atoms with Crippen LogP contribution in [0.4, 0.5) is 0 Å². The highest BCUT2D eigenvalue weighted by molar-refractivity contribution is 7.89. The Morgan fingerprint density at radius 2 is 2.04 bits per heavy atom. The van der Waals surface area contributed by atoms with Gasteiger partial charge < -0.3 is 15.2 Å². The zero-order chi connectivity index (χ0) is 19.7. The van der Waals surface area contributed by atoms with Gasteiger partial charge >= 0.3 is 0 Å². The summed E-state index contributed by atoms with van der Waals surface area (Å²) in [6.45, 7) is 3.96. The summed E-state index contributed by atoms with van der Waals surface area (Å²) < 4.78 is 28.9. The smallest absolute Gasteiger partial charge is 0.240 e. The van der Waals surface area contributed by atoms with Crippen molar-refractivity contribution in [2.75, 3.05) is 26.7 Å². The third-order valence-corrected chi connectivity index (χ3v) is 5.39. The van der Waals surface area contributed by atoms with E-state index in [-0.39, 0.29) is 11.4 Å². The average molecular weight is 414 g/mol. The predicted octanol–water partition coefficient (Wildman–Crippen LogP) is 0.637. The minimum atomic E-state index is -3.59. The first-order chi connectivity index (χ1) is 13.0. The van der Waals surface area contributed by atoms with Crippen molar-refractivity contribution >= 4 is 27.6 Å². The molecule has 0 saturated heterocycles. The van der Waals surface area contributed by atoms with Crippen LogP contribution in [0.2, 0.25) is 5.02 Å². The number of aryl methyl sites for hydroxylation is 1. The maximum Gasteiger partial charge on any atom is 0.240 e. The summed E-state index contributed by atoms with van der Waals surface area (Å²) in [7, 11) is -1.94. The Hall–Kier alpha value is -2.17. The first kappa shape index (κ1) is 21.1. The monoisotopic (exact) mass is 413 g/mol. The number of nitrogens with zero attached hydrogens (tertiary/aromatic N) is 4. The van der Waals surface area contributed by atoms with Gasteiger partial charge in [-0.25, -0.2) is 13.1 Å². The maximum atomic E-state index is 12.2. The number of halogens is 1. The number of sulfonamides is 1. The molecular weight excluding hydrogens is 390 g/mol. The van der Waals surface area contributed by atoms with E-state index < -0.39 is 10.0 Å². The van der Waals surface area contributed by atoms with Gasteiger partial charge in [0.05, 0.1) is 4.90 Å². The highest BCUT2D eigenvalue weighted by atomic mass is 35.5. The van der Waals surface area contributed by atoms with Crippen molar-refractivity contribution in [3.63, 3.8) is 0 Å². The number of aromatic nitrogens is 3. The Labute approximate surface area is 164 Å². The first-order valence-corrected chi connectivity index (χ1v) is 10.4. The number of hydrogen-bond donors (Lipinski definition) is 3. The van der Waals surface area contributed by atoms with Crippen molar-refractivity contribution < 1.29 is 8.42 Å². The summed E-state index contributed by atoms with van der Waals surface area (Å²) in [4.78, 5) is 4.25. The molecule has 0 radical (unpaired) electrons. The van der Waals surface area contributed by atoms with Crippen molar-refractivity contribution in [3.8, 4) is 0 Å². The molecule has 0 aliphatic heterocycles. The Kier molecular flexibility index (Phi) is 8.01. The average Bonchev–Trinajstić information content (AvgIpc) is 3.11. The predicted molar refractivity (Wildman–Crippen MR) is 105 cm³/mol. The van der Waals surface area contributed by atoms with Gasteiger partial charge in [-0.05, 0) is 18.2 Å². The SMILES string of the molecule is CCc1nncn1CCNC(=NC)NCCNS(=O)(=O)c1cccc(Cl)c1. The molecule has 3 N–H and O–H groups in total. The molecule has 0 bridgehead atoms. The van der Waals surface area contributed by atoms with Crippen molar-refractivity contribution in [1.82, 2.24) is 30.1 Å². The summed E-state index contributed by atoms with van der Waals surface area (Å²) >= 11 is 5.84. The van der Waals surface area contributed by atoms with Gasteiger partial charge in [0.1, 0.15) is 12.2 Å². The molecule has 0 saturated carbocycles.